The number of benzene rings is 1. The summed E-state index contributed by atoms with van der Waals surface area (Å²) in [5, 5.41) is 11.4. The van der Waals surface area contributed by atoms with Crippen LogP contribution >= 0.6 is 0 Å². The first-order valence-corrected chi connectivity index (χ1v) is 7.24. The quantitative estimate of drug-likeness (QED) is 0.859. The van der Waals surface area contributed by atoms with E-state index in [0.29, 0.717) is 11.5 Å². The van der Waals surface area contributed by atoms with Crippen LogP contribution in [0.3, 0.4) is 0 Å². The number of likely N-dealkylation sites (tertiary alicyclic amines) is 1. The molecule has 25 heavy (non-hydrogen) atoms. The number of aliphatic carboxylic acids is 1. The molecule has 1 aliphatic heterocycles. The minimum atomic E-state index is -4.70. The van der Waals surface area contributed by atoms with Crippen LogP contribution in [0.4, 0.5) is 23.7 Å². The fourth-order valence-corrected chi connectivity index (χ4v) is 2.63. The van der Waals surface area contributed by atoms with Gasteiger partial charge >= 0.3 is 18.2 Å². The van der Waals surface area contributed by atoms with Gasteiger partial charge in [0.2, 0.25) is 0 Å². The number of nitrogens with zero attached hydrogens (tertiary/aromatic N) is 1. The Bertz CT molecular complexity index is 643. The minimum absolute atomic E-state index is 0.253. The molecular weight excluding hydrogens is 345 g/mol. The minimum Gasteiger partial charge on any atom is -0.497 e. The molecule has 1 fully saturated rings. The number of carboxylic acids is 1. The Balaban J connectivity index is 2.15. The third kappa shape index (κ3) is 4.25. The highest BCUT2D eigenvalue weighted by molar-refractivity contribution is 5.90. The zero-order chi connectivity index (χ0) is 18.8. The topological polar surface area (TPSA) is 88.1 Å². The summed E-state index contributed by atoms with van der Waals surface area (Å²) < 4.78 is 49.0. The number of ether oxygens (including phenoxy) is 2. The average Bonchev–Trinajstić information content (AvgIpc) is 3.00. The lowest BCUT2D eigenvalue weighted by atomic mass is 9.96. The van der Waals surface area contributed by atoms with Gasteiger partial charge < -0.3 is 24.8 Å². The second-order valence-corrected chi connectivity index (χ2v) is 5.53. The van der Waals surface area contributed by atoms with Gasteiger partial charge in [-0.05, 0) is 0 Å². The van der Waals surface area contributed by atoms with Crippen LogP contribution in [0.15, 0.2) is 18.2 Å². The maximum atomic E-state index is 13.0. The molecular formula is C15H17F3N2O5. The number of rotatable bonds is 4. The van der Waals surface area contributed by atoms with Crippen molar-refractivity contribution in [2.75, 3.05) is 32.6 Å². The molecule has 0 radical (unpaired) electrons. The molecule has 2 rings (SSSR count). The zero-order valence-corrected chi connectivity index (χ0v) is 13.5. The third-order valence-electron chi connectivity index (χ3n) is 3.95. The van der Waals surface area contributed by atoms with Crippen molar-refractivity contribution in [3.63, 3.8) is 0 Å². The van der Waals surface area contributed by atoms with Crippen LogP contribution in [-0.2, 0) is 4.79 Å². The number of anilines is 1. The smallest absolute Gasteiger partial charge is 0.394 e. The predicted molar refractivity (Wildman–Crippen MR) is 80.8 cm³/mol. The fourth-order valence-electron chi connectivity index (χ4n) is 2.63. The molecule has 1 heterocycles. The van der Waals surface area contributed by atoms with Crippen LogP contribution in [0, 0.1) is 11.8 Å². The highest BCUT2D eigenvalue weighted by atomic mass is 19.4. The van der Waals surface area contributed by atoms with Gasteiger partial charge in [0.25, 0.3) is 0 Å². The average molecular weight is 362 g/mol. The van der Waals surface area contributed by atoms with Crippen molar-refractivity contribution in [2.45, 2.75) is 6.18 Å². The van der Waals surface area contributed by atoms with Crippen molar-refractivity contribution >= 4 is 17.7 Å². The van der Waals surface area contributed by atoms with Gasteiger partial charge in [0, 0.05) is 37.0 Å². The molecule has 0 saturated carbocycles. The Morgan fingerprint density at radius 1 is 1.16 bits per heavy atom. The van der Waals surface area contributed by atoms with E-state index >= 15 is 0 Å². The molecule has 1 aromatic rings. The van der Waals surface area contributed by atoms with Gasteiger partial charge in [-0.3, -0.25) is 4.79 Å². The van der Waals surface area contributed by atoms with Crippen LogP contribution in [0.5, 0.6) is 11.5 Å². The van der Waals surface area contributed by atoms with Gasteiger partial charge in [0.1, 0.15) is 11.5 Å². The van der Waals surface area contributed by atoms with E-state index in [1.54, 1.807) is 6.07 Å². The fraction of sp³-hybridized carbons (Fsp3) is 0.467. The van der Waals surface area contributed by atoms with Gasteiger partial charge in [-0.15, -0.1) is 0 Å². The number of hydrogen-bond acceptors (Lipinski definition) is 4. The molecule has 0 aromatic heterocycles. The van der Waals surface area contributed by atoms with Gasteiger partial charge in [-0.2, -0.15) is 13.2 Å². The molecule has 1 aliphatic rings. The highest BCUT2D eigenvalue weighted by Gasteiger charge is 2.53. The highest BCUT2D eigenvalue weighted by Crippen LogP contribution is 2.38. The molecule has 2 atom stereocenters. The summed E-state index contributed by atoms with van der Waals surface area (Å²) in [5.74, 6) is -4.61. The Hall–Kier alpha value is -2.65. The van der Waals surface area contributed by atoms with Gasteiger partial charge in [-0.1, -0.05) is 0 Å². The first kappa shape index (κ1) is 18.7. The summed E-state index contributed by atoms with van der Waals surface area (Å²) in [6.45, 7) is -1.24. The standard InChI is InChI=1S/C15H17F3N2O5/c1-24-9-3-8(4-10(5-9)25-2)19-14(23)20-6-11(13(21)22)12(7-20)15(16,17)18/h3-5,11-12H,6-7H2,1-2H3,(H,19,23)(H,21,22)/t11-,12-/m1/s1. The molecule has 2 amide bonds. The van der Waals surface area contributed by atoms with E-state index in [1.165, 1.54) is 26.4 Å². The van der Waals surface area contributed by atoms with E-state index in [-0.39, 0.29) is 5.69 Å². The van der Waals surface area contributed by atoms with E-state index in [0.717, 1.165) is 4.90 Å². The van der Waals surface area contributed by atoms with Crippen LogP contribution < -0.4 is 14.8 Å². The first-order chi connectivity index (χ1) is 11.7. The third-order valence-corrected chi connectivity index (χ3v) is 3.95. The summed E-state index contributed by atoms with van der Waals surface area (Å²) >= 11 is 0. The number of alkyl halides is 3. The summed E-state index contributed by atoms with van der Waals surface area (Å²) in [4.78, 5) is 24.1. The number of carbonyl (C=O) groups excluding carboxylic acids is 1. The van der Waals surface area contributed by atoms with Gasteiger partial charge in [0.05, 0.1) is 26.1 Å². The van der Waals surface area contributed by atoms with Crippen molar-refractivity contribution in [3.05, 3.63) is 18.2 Å². The van der Waals surface area contributed by atoms with Gasteiger partial charge in [0.15, 0.2) is 0 Å². The zero-order valence-electron chi connectivity index (χ0n) is 13.5. The molecule has 1 aromatic carbocycles. The van der Waals surface area contributed by atoms with E-state index in [1.807, 2.05) is 0 Å². The summed E-state index contributed by atoms with van der Waals surface area (Å²) in [5.41, 5.74) is 0.253. The number of carboxylic acid groups (broad SMARTS) is 1. The maximum absolute atomic E-state index is 13.0. The first-order valence-electron chi connectivity index (χ1n) is 7.24. The Morgan fingerprint density at radius 3 is 2.12 bits per heavy atom. The summed E-state index contributed by atoms with van der Waals surface area (Å²) in [6.07, 6.45) is -4.70. The molecule has 2 N–H and O–H groups in total. The molecule has 138 valence electrons. The monoisotopic (exact) mass is 362 g/mol. The van der Waals surface area contributed by atoms with Crippen LogP contribution in [0.1, 0.15) is 0 Å². The number of urea groups is 1. The number of nitrogens with one attached hydrogen (secondary N) is 1. The molecule has 0 spiro atoms. The lowest BCUT2D eigenvalue weighted by Crippen LogP contribution is -2.35. The molecule has 1 saturated heterocycles. The molecule has 7 nitrogen and oxygen atoms in total. The lowest BCUT2D eigenvalue weighted by Gasteiger charge is -2.19. The summed E-state index contributed by atoms with van der Waals surface area (Å²) in [6, 6.07) is 3.66. The van der Waals surface area contributed by atoms with Crippen molar-refractivity contribution in [2.24, 2.45) is 11.8 Å². The number of halogens is 3. The number of amides is 2. The van der Waals surface area contributed by atoms with E-state index in [9.17, 15) is 22.8 Å². The van der Waals surface area contributed by atoms with Crippen molar-refractivity contribution < 1.29 is 37.3 Å². The second-order valence-electron chi connectivity index (χ2n) is 5.53. The SMILES string of the molecule is COc1cc(NC(=O)N2C[C@@H](C(F)(F)F)[C@H](C(=O)O)C2)cc(OC)c1. The number of methoxy groups -OCH3 is 2. The van der Waals surface area contributed by atoms with Gasteiger partial charge in [-0.25, -0.2) is 4.79 Å². The molecule has 10 heteroatoms. The van der Waals surface area contributed by atoms with Crippen LogP contribution in [0.25, 0.3) is 0 Å². The maximum Gasteiger partial charge on any atom is 0.394 e. The lowest BCUT2D eigenvalue weighted by molar-refractivity contribution is -0.187. The van der Waals surface area contributed by atoms with E-state index in [4.69, 9.17) is 14.6 Å². The number of hydrogen-bond donors (Lipinski definition) is 2. The van der Waals surface area contributed by atoms with E-state index in [2.05, 4.69) is 5.32 Å². The Morgan fingerprint density at radius 2 is 1.72 bits per heavy atom. The van der Waals surface area contributed by atoms with Crippen molar-refractivity contribution in [1.82, 2.24) is 4.90 Å². The van der Waals surface area contributed by atoms with Crippen LogP contribution in [0.2, 0.25) is 0 Å². The number of carbonyl (C=O) groups is 2. The van der Waals surface area contributed by atoms with Crippen LogP contribution in [-0.4, -0.2) is 55.5 Å². The second kappa shape index (κ2) is 7.08. The van der Waals surface area contributed by atoms with Crippen molar-refractivity contribution in [1.29, 1.82) is 0 Å². The molecule has 0 bridgehead atoms. The van der Waals surface area contributed by atoms with E-state index < -0.39 is 43.1 Å². The molecule has 0 aliphatic carbocycles. The largest absolute Gasteiger partial charge is 0.497 e. The molecule has 0 unspecified atom stereocenters. The normalized spacial score (nSPS) is 20.3. The Labute approximate surface area is 141 Å². The predicted octanol–water partition coefficient (Wildman–Crippen LogP) is 2.43. The summed E-state index contributed by atoms with van der Waals surface area (Å²) in [7, 11) is 2.82. The van der Waals surface area contributed by atoms with Crippen molar-refractivity contribution in [3.8, 4) is 11.5 Å². The Kier molecular flexibility index (Phi) is 5.29.